The van der Waals surface area contributed by atoms with Gasteiger partial charge < -0.3 is 10.6 Å². The van der Waals surface area contributed by atoms with Crippen LogP contribution in [0.5, 0.6) is 0 Å². The summed E-state index contributed by atoms with van der Waals surface area (Å²) in [6.45, 7) is 5.90. The normalized spacial score (nSPS) is 11.9. The molecule has 2 N–H and O–H groups in total. The number of anilines is 1. The van der Waals surface area contributed by atoms with E-state index in [1.54, 1.807) is 6.21 Å². The zero-order chi connectivity index (χ0) is 11.3. The van der Waals surface area contributed by atoms with Gasteiger partial charge in [0.1, 0.15) is 5.60 Å². The lowest BCUT2D eigenvalue weighted by Crippen LogP contribution is -2.15. The molecule has 3 heteroatoms. The molecule has 0 aromatic heterocycles. The van der Waals surface area contributed by atoms with Crippen molar-refractivity contribution < 1.29 is 4.84 Å². The number of oxime groups is 1. The molecule has 15 heavy (non-hydrogen) atoms. The highest BCUT2D eigenvalue weighted by Gasteiger charge is 2.08. The Hall–Kier alpha value is -1.51. The Morgan fingerprint density at radius 1 is 1.27 bits per heavy atom. The summed E-state index contributed by atoms with van der Waals surface area (Å²) >= 11 is 0. The van der Waals surface area contributed by atoms with Crippen LogP contribution in [-0.4, -0.2) is 11.8 Å². The quantitative estimate of drug-likeness (QED) is 0.469. The van der Waals surface area contributed by atoms with Gasteiger partial charge in [-0.15, -0.1) is 0 Å². The fourth-order valence-corrected chi connectivity index (χ4v) is 0.992. The summed E-state index contributed by atoms with van der Waals surface area (Å²) in [5.74, 6) is 0. The molecule has 0 atom stereocenters. The van der Waals surface area contributed by atoms with Crippen LogP contribution in [0.3, 0.4) is 0 Å². The van der Waals surface area contributed by atoms with Gasteiger partial charge >= 0.3 is 0 Å². The molecule has 0 aliphatic rings. The van der Waals surface area contributed by atoms with E-state index in [2.05, 4.69) is 5.16 Å². The molecule has 0 radical (unpaired) electrons. The van der Waals surface area contributed by atoms with Crippen molar-refractivity contribution in [2.75, 3.05) is 5.73 Å². The Kier molecular flexibility index (Phi) is 3.72. The molecule has 1 aromatic rings. The number of benzene rings is 1. The zero-order valence-electron chi connectivity index (χ0n) is 9.53. The Morgan fingerprint density at radius 2 is 1.87 bits per heavy atom. The van der Waals surface area contributed by atoms with E-state index in [0.717, 1.165) is 12.1 Å². The molecule has 0 spiro atoms. The second-order valence-corrected chi connectivity index (χ2v) is 4.44. The van der Waals surface area contributed by atoms with Crippen LogP contribution in [0.4, 0.5) is 5.69 Å². The van der Waals surface area contributed by atoms with Gasteiger partial charge in [0, 0.05) is 18.3 Å². The van der Waals surface area contributed by atoms with Gasteiger partial charge in [-0.25, -0.2) is 0 Å². The molecule has 1 aromatic carbocycles. The number of nitrogen functional groups attached to an aromatic ring is 1. The number of hydrogen-bond acceptors (Lipinski definition) is 3. The van der Waals surface area contributed by atoms with Crippen molar-refractivity contribution in [1.29, 1.82) is 0 Å². The Morgan fingerprint density at radius 3 is 2.40 bits per heavy atom. The first-order valence-corrected chi connectivity index (χ1v) is 5.02. The summed E-state index contributed by atoms with van der Waals surface area (Å²) in [4.78, 5) is 5.22. The Bertz CT molecular complexity index is 322. The van der Waals surface area contributed by atoms with Crippen molar-refractivity contribution >= 4 is 11.9 Å². The van der Waals surface area contributed by atoms with Crippen LogP contribution in [0.1, 0.15) is 26.3 Å². The smallest absolute Gasteiger partial charge is 0.129 e. The Labute approximate surface area is 90.9 Å². The van der Waals surface area contributed by atoms with Crippen molar-refractivity contribution in [3.63, 3.8) is 0 Å². The molecular formula is C12H18N2O. The van der Waals surface area contributed by atoms with Gasteiger partial charge in [-0.1, -0.05) is 17.3 Å². The van der Waals surface area contributed by atoms with E-state index in [0.29, 0.717) is 0 Å². The maximum absolute atomic E-state index is 5.58. The highest BCUT2D eigenvalue weighted by Crippen LogP contribution is 2.07. The zero-order valence-corrected chi connectivity index (χ0v) is 9.53. The molecule has 0 saturated carbocycles. The average molecular weight is 206 g/mol. The van der Waals surface area contributed by atoms with E-state index >= 15 is 0 Å². The second-order valence-electron chi connectivity index (χ2n) is 4.44. The first-order chi connectivity index (χ1) is 6.97. The van der Waals surface area contributed by atoms with Crippen molar-refractivity contribution in [1.82, 2.24) is 0 Å². The fourth-order valence-electron chi connectivity index (χ4n) is 0.992. The van der Waals surface area contributed by atoms with Crippen molar-refractivity contribution in [2.24, 2.45) is 5.16 Å². The first-order valence-electron chi connectivity index (χ1n) is 5.02. The highest BCUT2D eigenvalue weighted by molar-refractivity contribution is 5.61. The van der Waals surface area contributed by atoms with Gasteiger partial charge in [0.25, 0.3) is 0 Å². The molecule has 1 rings (SSSR count). The molecule has 82 valence electrons. The monoisotopic (exact) mass is 206 g/mol. The van der Waals surface area contributed by atoms with Gasteiger partial charge in [-0.05, 0) is 38.5 Å². The molecule has 3 nitrogen and oxygen atoms in total. The lowest BCUT2D eigenvalue weighted by atomic mass is 10.1. The van der Waals surface area contributed by atoms with Crippen LogP contribution in [0.2, 0.25) is 0 Å². The molecule has 0 amide bonds. The minimum Gasteiger partial charge on any atom is -0.399 e. The lowest BCUT2D eigenvalue weighted by Gasteiger charge is -2.14. The summed E-state index contributed by atoms with van der Waals surface area (Å²) in [6, 6.07) is 7.73. The molecule has 0 fully saturated rings. The van der Waals surface area contributed by atoms with Crippen molar-refractivity contribution in [2.45, 2.75) is 32.8 Å². The van der Waals surface area contributed by atoms with E-state index < -0.39 is 0 Å². The third-order valence-electron chi connectivity index (χ3n) is 1.71. The van der Waals surface area contributed by atoms with E-state index in [1.165, 1.54) is 5.56 Å². The van der Waals surface area contributed by atoms with Gasteiger partial charge in [-0.2, -0.15) is 0 Å². The number of nitrogens with two attached hydrogens (primary N) is 1. The predicted octanol–water partition coefficient (Wildman–Crippen LogP) is 2.61. The van der Waals surface area contributed by atoms with Crippen LogP contribution in [0, 0.1) is 0 Å². The summed E-state index contributed by atoms with van der Waals surface area (Å²) in [7, 11) is 0. The second kappa shape index (κ2) is 4.82. The predicted molar refractivity (Wildman–Crippen MR) is 63.9 cm³/mol. The van der Waals surface area contributed by atoms with E-state index in [1.807, 2.05) is 45.0 Å². The van der Waals surface area contributed by atoms with E-state index in [9.17, 15) is 0 Å². The van der Waals surface area contributed by atoms with Crippen LogP contribution < -0.4 is 5.73 Å². The fraction of sp³-hybridized carbons (Fsp3) is 0.417. The summed E-state index contributed by atoms with van der Waals surface area (Å²) in [5.41, 5.74) is 7.31. The molecule has 0 aliphatic carbocycles. The number of hydrogen-bond donors (Lipinski definition) is 1. The summed E-state index contributed by atoms with van der Waals surface area (Å²) in [6.07, 6.45) is 2.52. The standard InChI is InChI=1S/C12H18N2O/c1-12(2,3)15-14-9-8-10-4-6-11(13)7-5-10/h4-7,9H,8,13H2,1-3H3/b14-9-. The molecule has 0 unspecified atom stereocenters. The van der Waals surface area contributed by atoms with Crippen molar-refractivity contribution in [3.8, 4) is 0 Å². The maximum Gasteiger partial charge on any atom is 0.129 e. The molecule has 0 heterocycles. The maximum atomic E-state index is 5.58. The molecular weight excluding hydrogens is 188 g/mol. The third kappa shape index (κ3) is 5.05. The third-order valence-corrected chi connectivity index (χ3v) is 1.71. The largest absolute Gasteiger partial charge is 0.399 e. The van der Waals surface area contributed by atoms with Gasteiger partial charge in [-0.3, -0.25) is 0 Å². The summed E-state index contributed by atoms with van der Waals surface area (Å²) < 4.78 is 0. The highest BCUT2D eigenvalue weighted by atomic mass is 16.6. The first kappa shape index (κ1) is 11.6. The van der Waals surface area contributed by atoms with E-state index in [-0.39, 0.29) is 5.60 Å². The van der Waals surface area contributed by atoms with Crippen LogP contribution in [-0.2, 0) is 11.3 Å². The lowest BCUT2D eigenvalue weighted by molar-refractivity contribution is 0.00165. The van der Waals surface area contributed by atoms with E-state index in [4.69, 9.17) is 10.6 Å². The van der Waals surface area contributed by atoms with Gasteiger partial charge in [0.2, 0.25) is 0 Å². The number of nitrogens with zero attached hydrogens (tertiary/aromatic N) is 1. The van der Waals surface area contributed by atoms with Gasteiger partial charge in [0.15, 0.2) is 0 Å². The molecule has 0 bridgehead atoms. The van der Waals surface area contributed by atoms with Gasteiger partial charge in [0.05, 0.1) is 0 Å². The Balaban J connectivity index is 2.40. The summed E-state index contributed by atoms with van der Waals surface area (Å²) in [5, 5.41) is 3.90. The number of rotatable bonds is 3. The topological polar surface area (TPSA) is 47.6 Å². The SMILES string of the molecule is CC(C)(C)O/N=C\Cc1ccc(N)cc1. The molecule has 0 aliphatic heterocycles. The average Bonchev–Trinajstić information content (AvgIpc) is 2.14. The van der Waals surface area contributed by atoms with Crippen LogP contribution in [0.15, 0.2) is 29.4 Å². The van der Waals surface area contributed by atoms with Crippen molar-refractivity contribution in [3.05, 3.63) is 29.8 Å². The minimum atomic E-state index is -0.225. The van der Waals surface area contributed by atoms with Crippen LogP contribution >= 0.6 is 0 Å². The van der Waals surface area contributed by atoms with Crippen LogP contribution in [0.25, 0.3) is 0 Å². The minimum absolute atomic E-state index is 0.225. The molecule has 0 saturated heterocycles.